The van der Waals surface area contributed by atoms with E-state index >= 15 is 0 Å². The van der Waals surface area contributed by atoms with Crippen molar-refractivity contribution in [1.82, 2.24) is 10.2 Å². The molecule has 1 atom stereocenters. The highest BCUT2D eigenvalue weighted by Gasteiger charge is 2.42. The Morgan fingerprint density at radius 2 is 1.91 bits per heavy atom. The monoisotopic (exact) mass is 493 g/mol. The van der Waals surface area contributed by atoms with Gasteiger partial charge in [-0.05, 0) is 54.5 Å². The van der Waals surface area contributed by atoms with E-state index in [9.17, 15) is 14.0 Å². The number of rotatable bonds is 7. The first kappa shape index (κ1) is 24.7. The molecule has 35 heavy (non-hydrogen) atoms. The second-order valence-corrected chi connectivity index (χ2v) is 9.38. The lowest BCUT2D eigenvalue weighted by Gasteiger charge is -2.37. The standard InChI is InChI=1S/C27H28FN3O3S/c1-5-22-24(26(33)34-4)25(21-12-16(2)6-7-17(21)3)31-20(15-35-27(31)30-22)13-23(32)29-14-18-8-10-19(28)11-9-18/h6-12,15,25H,5,13-14H2,1-4H3,(H,29,32)/t25-/m0/s1. The molecule has 0 aliphatic carbocycles. The average Bonchev–Trinajstić information content (AvgIpc) is 3.25. The molecule has 0 saturated carbocycles. The van der Waals surface area contributed by atoms with E-state index in [4.69, 9.17) is 9.73 Å². The molecule has 8 heteroatoms. The lowest BCUT2D eigenvalue weighted by Crippen LogP contribution is -2.38. The number of carbonyl (C=O) groups excluding carboxylic acids is 2. The number of aryl methyl sites for hydroxylation is 2. The van der Waals surface area contributed by atoms with Gasteiger partial charge in [0.05, 0.1) is 30.8 Å². The number of benzene rings is 2. The Bertz CT molecular complexity index is 1250. The van der Waals surface area contributed by atoms with Crippen LogP contribution in [0, 0.1) is 19.7 Å². The van der Waals surface area contributed by atoms with E-state index in [1.165, 1.54) is 31.0 Å². The van der Waals surface area contributed by atoms with Crippen molar-refractivity contribution in [3.8, 4) is 0 Å². The van der Waals surface area contributed by atoms with Gasteiger partial charge in [-0.3, -0.25) is 4.79 Å². The number of allylic oxidation sites excluding steroid dienone is 1. The molecular formula is C27H28FN3O3S. The van der Waals surface area contributed by atoms with Gasteiger partial charge in [-0.2, -0.15) is 0 Å². The Morgan fingerprint density at radius 1 is 1.17 bits per heavy atom. The van der Waals surface area contributed by atoms with Crippen molar-refractivity contribution < 1.29 is 18.7 Å². The minimum Gasteiger partial charge on any atom is -0.466 e. The minimum atomic E-state index is -0.448. The molecule has 2 aromatic carbocycles. The smallest absolute Gasteiger partial charge is 0.338 e. The number of amides is 1. The summed E-state index contributed by atoms with van der Waals surface area (Å²) in [4.78, 5) is 32.6. The maximum atomic E-state index is 13.2. The van der Waals surface area contributed by atoms with Gasteiger partial charge in [0.25, 0.3) is 0 Å². The molecule has 0 fully saturated rings. The number of hydrogen-bond donors (Lipinski definition) is 1. The SMILES string of the molecule is CCC1=C(C(=O)OC)[C@H](c2cc(C)ccc2C)N2C(CC(=O)NCc3ccc(F)cc3)=CSC2=N1. The highest BCUT2D eigenvalue weighted by Crippen LogP contribution is 2.46. The van der Waals surface area contributed by atoms with Crippen molar-refractivity contribution in [1.29, 1.82) is 0 Å². The molecule has 2 aliphatic heterocycles. The minimum absolute atomic E-state index is 0.116. The van der Waals surface area contributed by atoms with Crippen LogP contribution in [0.3, 0.4) is 0 Å². The Kier molecular flexibility index (Phi) is 7.40. The highest BCUT2D eigenvalue weighted by molar-refractivity contribution is 8.16. The Balaban J connectivity index is 1.65. The van der Waals surface area contributed by atoms with E-state index < -0.39 is 12.0 Å². The van der Waals surface area contributed by atoms with Crippen LogP contribution < -0.4 is 5.32 Å². The van der Waals surface area contributed by atoms with Crippen LogP contribution in [0.15, 0.2) is 69.8 Å². The molecule has 2 heterocycles. The van der Waals surface area contributed by atoms with Gasteiger partial charge < -0.3 is 15.0 Å². The summed E-state index contributed by atoms with van der Waals surface area (Å²) >= 11 is 1.45. The van der Waals surface area contributed by atoms with Gasteiger partial charge in [-0.25, -0.2) is 14.2 Å². The van der Waals surface area contributed by atoms with Crippen molar-refractivity contribution >= 4 is 28.8 Å². The van der Waals surface area contributed by atoms with Gasteiger partial charge in [0.15, 0.2) is 5.17 Å². The van der Waals surface area contributed by atoms with E-state index in [0.717, 1.165) is 33.1 Å². The van der Waals surface area contributed by atoms with E-state index in [1.54, 1.807) is 12.1 Å². The molecule has 0 spiro atoms. The van der Waals surface area contributed by atoms with Crippen molar-refractivity contribution in [2.75, 3.05) is 7.11 Å². The third kappa shape index (κ3) is 5.17. The predicted octanol–water partition coefficient (Wildman–Crippen LogP) is 5.29. The summed E-state index contributed by atoms with van der Waals surface area (Å²) in [6.45, 7) is 6.30. The first-order valence-corrected chi connectivity index (χ1v) is 12.3. The molecule has 1 N–H and O–H groups in total. The average molecular weight is 494 g/mol. The summed E-state index contributed by atoms with van der Waals surface area (Å²) in [5.74, 6) is -0.914. The molecule has 1 amide bonds. The van der Waals surface area contributed by atoms with Crippen LogP contribution in [0.5, 0.6) is 0 Å². The lowest BCUT2D eigenvalue weighted by atomic mass is 9.89. The van der Waals surface area contributed by atoms with E-state index in [0.29, 0.717) is 24.2 Å². The third-order valence-electron chi connectivity index (χ3n) is 6.10. The van der Waals surface area contributed by atoms with Crippen molar-refractivity contribution in [2.24, 2.45) is 4.99 Å². The summed E-state index contributed by atoms with van der Waals surface area (Å²) in [7, 11) is 1.38. The number of thioether (sulfide) groups is 1. The fourth-order valence-electron chi connectivity index (χ4n) is 4.29. The fourth-order valence-corrected chi connectivity index (χ4v) is 5.23. The highest BCUT2D eigenvalue weighted by atomic mass is 32.2. The largest absolute Gasteiger partial charge is 0.466 e. The normalized spacial score (nSPS) is 17.1. The van der Waals surface area contributed by atoms with Gasteiger partial charge in [-0.15, -0.1) is 0 Å². The number of amidine groups is 1. The molecule has 2 aliphatic rings. The van der Waals surface area contributed by atoms with Gasteiger partial charge >= 0.3 is 5.97 Å². The molecule has 0 aromatic heterocycles. The quantitative estimate of drug-likeness (QED) is 0.531. The van der Waals surface area contributed by atoms with Crippen LogP contribution in [-0.4, -0.2) is 29.1 Å². The predicted molar refractivity (Wildman–Crippen MR) is 136 cm³/mol. The number of methoxy groups -OCH3 is 1. The summed E-state index contributed by atoms with van der Waals surface area (Å²) < 4.78 is 18.3. The molecule has 0 unspecified atom stereocenters. The number of nitrogens with one attached hydrogen (secondary N) is 1. The number of carbonyl (C=O) groups is 2. The van der Waals surface area contributed by atoms with Crippen LogP contribution in [0.25, 0.3) is 0 Å². The summed E-state index contributed by atoms with van der Waals surface area (Å²) in [5.41, 5.74) is 5.84. The van der Waals surface area contributed by atoms with Crippen LogP contribution in [-0.2, 0) is 20.9 Å². The number of ether oxygens (including phenoxy) is 1. The maximum absolute atomic E-state index is 13.2. The van der Waals surface area contributed by atoms with Crippen LogP contribution in [0.4, 0.5) is 4.39 Å². The second-order valence-electron chi connectivity index (χ2n) is 8.54. The molecule has 0 bridgehead atoms. The molecule has 182 valence electrons. The van der Waals surface area contributed by atoms with Gasteiger partial charge in [0, 0.05) is 12.2 Å². The molecule has 0 radical (unpaired) electrons. The van der Waals surface area contributed by atoms with Gasteiger partial charge in [0.1, 0.15) is 5.82 Å². The van der Waals surface area contributed by atoms with Crippen molar-refractivity contribution in [3.63, 3.8) is 0 Å². The van der Waals surface area contributed by atoms with Crippen LogP contribution >= 0.6 is 11.8 Å². The zero-order valence-electron chi connectivity index (χ0n) is 20.2. The Morgan fingerprint density at radius 3 is 2.60 bits per heavy atom. The lowest BCUT2D eigenvalue weighted by molar-refractivity contribution is -0.136. The maximum Gasteiger partial charge on any atom is 0.338 e. The molecule has 0 saturated heterocycles. The molecule has 6 nitrogen and oxygen atoms in total. The van der Waals surface area contributed by atoms with Gasteiger partial charge in [-0.1, -0.05) is 54.6 Å². The summed E-state index contributed by atoms with van der Waals surface area (Å²) in [6, 6.07) is 11.7. The first-order valence-electron chi connectivity index (χ1n) is 11.5. The second kappa shape index (κ2) is 10.5. The van der Waals surface area contributed by atoms with Crippen LogP contribution in [0.1, 0.15) is 48.1 Å². The molecule has 4 rings (SSSR count). The number of aliphatic imine (C=N–C) groups is 1. The molecular weight excluding hydrogens is 465 g/mol. The third-order valence-corrected chi connectivity index (χ3v) is 6.99. The van der Waals surface area contributed by atoms with Crippen molar-refractivity contribution in [2.45, 2.75) is 46.2 Å². The number of fused-ring (bicyclic) bond motifs is 1. The first-order chi connectivity index (χ1) is 16.8. The fraction of sp³-hybridized carbons (Fsp3) is 0.296. The zero-order valence-corrected chi connectivity index (χ0v) is 21.0. The van der Waals surface area contributed by atoms with E-state index in [2.05, 4.69) is 11.4 Å². The van der Waals surface area contributed by atoms with E-state index in [1.807, 2.05) is 43.2 Å². The number of esters is 1. The summed E-state index contributed by atoms with van der Waals surface area (Å²) in [5, 5.41) is 5.56. The zero-order chi connectivity index (χ0) is 25.1. The van der Waals surface area contributed by atoms with E-state index in [-0.39, 0.29) is 18.1 Å². The topological polar surface area (TPSA) is 71.0 Å². The Labute approximate surface area is 209 Å². The number of hydrogen-bond acceptors (Lipinski definition) is 6. The summed E-state index contributed by atoms with van der Waals surface area (Å²) in [6.07, 6.45) is 0.696. The molecule has 2 aromatic rings. The number of nitrogens with zero attached hydrogens (tertiary/aromatic N) is 2. The van der Waals surface area contributed by atoms with Crippen molar-refractivity contribution in [3.05, 3.63) is 92.9 Å². The Hall–Kier alpha value is -3.39. The van der Waals surface area contributed by atoms with Gasteiger partial charge in [0.2, 0.25) is 5.91 Å². The number of halogens is 1. The van der Waals surface area contributed by atoms with Crippen LogP contribution in [0.2, 0.25) is 0 Å².